The number of aryl methyl sites for hydroxylation is 1. The van der Waals surface area contributed by atoms with Crippen molar-refractivity contribution in [2.45, 2.75) is 45.4 Å². The van der Waals surface area contributed by atoms with Crippen LogP contribution in [-0.2, 0) is 19.8 Å². The number of aliphatic hydroxyl groups is 1. The van der Waals surface area contributed by atoms with Crippen LogP contribution >= 0.6 is 0 Å². The van der Waals surface area contributed by atoms with Gasteiger partial charge in [-0.2, -0.15) is 10.5 Å². The van der Waals surface area contributed by atoms with Crippen LogP contribution < -0.4 is 10.1 Å². The number of benzene rings is 2. The van der Waals surface area contributed by atoms with Crippen molar-refractivity contribution in [3.05, 3.63) is 87.7 Å². The summed E-state index contributed by atoms with van der Waals surface area (Å²) in [5, 5.41) is 31.8. The molecule has 1 heterocycles. The van der Waals surface area contributed by atoms with Gasteiger partial charge in [0.15, 0.2) is 0 Å². The summed E-state index contributed by atoms with van der Waals surface area (Å²) in [5.74, 6) is 1.01. The number of aliphatic hydroxyl groups excluding tert-OH is 1. The molecule has 0 radical (unpaired) electrons. The summed E-state index contributed by atoms with van der Waals surface area (Å²) in [5.41, 5.74) is 6.46. The first-order valence-electron chi connectivity index (χ1n) is 10.6. The monoisotopic (exact) mass is 424 g/mol. The molecular weight excluding hydrogens is 400 g/mol. The highest BCUT2D eigenvalue weighted by atomic mass is 16.5. The van der Waals surface area contributed by atoms with E-state index in [1.54, 1.807) is 24.3 Å². The summed E-state index contributed by atoms with van der Waals surface area (Å²) in [4.78, 5) is 4.86. The largest absolute Gasteiger partial charge is 0.487 e. The van der Waals surface area contributed by atoms with Crippen LogP contribution in [0.15, 0.2) is 48.5 Å². The molecule has 4 rings (SSSR count). The predicted octanol–water partition coefficient (Wildman–Crippen LogP) is 4.69. The molecule has 0 atom stereocenters. The van der Waals surface area contributed by atoms with Crippen molar-refractivity contribution < 1.29 is 9.84 Å². The molecule has 0 unspecified atom stereocenters. The fourth-order valence-corrected chi connectivity index (χ4v) is 3.80. The highest BCUT2D eigenvalue weighted by Crippen LogP contribution is 2.43. The Bertz CT molecular complexity index is 1200. The van der Waals surface area contributed by atoms with E-state index in [2.05, 4.69) is 17.5 Å². The van der Waals surface area contributed by atoms with Crippen LogP contribution in [0.2, 0.25) is 0 Å². The summed E-state index contributed by atoms with van der Waals surface area (Å²) in [7, 11) is 0. The second-order valence-corrected chi connectivity index (χ2v) is 7.94. The Morgan fingerprint density at radius 1 is 1.06 bits per heavy atom. The molecule has 1 fully saturated rings. The van der Waals surface area contributed by atoms with Gasteiger partial charge in [-0.3, -0.25) is 4.98 Å². The summed E-state index contributed by atoms with van der Waals surface area (Å²) >= 11 is 0. The Kier molecular flexibility index (Phi) is 6.35. The molecule has 0 amide bonds. The van der Waals surface area contributed by atoms with Crippen LogP contribution in [0, 0.1) is 29.6 Å². The molecule has 6 heteroatoms. The van der Waals surface area contributed by atoms with E-state index in [1.165, 1.54) is 0 Å². The second kappa shape index (κ2) is 9.51. The Balaban J connectivity index is 1.61. The van der Waals surface area contributed by atoms with E-state index in [9.17, 15) is 5.11 Å². The molecule has 6 nitrogen and oxygen atoms in total. The zero-order valence-corrected chi connectivity index (χ0v) is 17.9. The standard InChI is InChI=1S/C26H24N4O2/c1-17-26(32-16-20-4-2-3-19(11-20)13-28)24(15-31)23(25(30-17)21-7-8-21)14-29-22-9-5-18(12-27)6-10-22/h2-6,9-11,21,29,31H,7-8,14-16H2,1H3. The lowest BCUT2D eigenvalue weighted by atomic mass is 10.0. The number of aromatic nitrogens is 1. The number of hydrogen-bond donors (Lipinski definition) is 2. The quantitative estimate of drug-likeness (QED) is 0.544. The molecule has 0 aliphatic heterocycles. The summed E-state index contributed by atoms with van der Waals surface area (Å²) in [6, 6.07) is 18.8. The molecule has 0 saturated heterocycles. The molecule has 0 spiro atoms. The van der Waals surface area contributed by atoms with E-state index in [-0.39, 0.29) is 13.2 Å². The fourth-order valence-electron chi connectivity index (χ4n) is 3.80. The van der Waals surface area contributed by atoms with Gasteiger partial charge in [0.05, 0.1) is 35.6 Å². The van der Waals surface area contributed by atoms with Crippen molar-refractivity contribution in [3.8, 4) is 17.9 Å². The maximum atomic E-state index is 10.3. The van der Waals surface area contributed by atoms with Gasteiger partial charge in [0.25, 0.3) is 0 Å². The van der Waals surface area contributed by atoms with E-state index in [0.29, 0.717) is 29.3 Å². The molecule has 1 aliphatic rings. The van der Waals surface area contributed by atoms with Crippen LogP contribution in [0.5, 0.6) is 5.75 Å². The molecule has 160 valence electrons. The van der Waals surface area contributed by atoms with Gasteiger partial charge in [0, 0.05) is 35.0 Å². The fraction of sp³-hybridized carbons (Fsp3) is 0.269. The summed E-state index contributed by atoms with van der Waals surface area (Å²) in [6.45, 7) is 2.54. The van der Waals surface area contributed by atoms with Gasteiger partial charge in [0.1, 0.15) is 12.4 Å². The topological polar surface area (TPSA) is 102 Å². The number of nitriles is 2. The van der Waals surface area contributed by atoms with Crippen LogP contribution in [0.1, 0.15) is 58.0 Å². The smallest absolute Gasteiger partial charge is 0.146 e. The Labute approximate surface area is 187 Å². The highest BCUT2D eigenvalue weighted by molar-refractivity contribution is 5.51. The molecule has 2 aromatic carbocycles. The number of nitrogens with one attached hydrogen (secondary N) is 1. The van der Waals surface area contributed by atoms with E-state index in [1.807, 2.05) is 31.2 Å². The third kappa shape index (κ3) is 4.72. The number of hydrogen-bond acceptors (Lipinski definition) is 6. The first-order valence-corrected chi connectivity index (χ1v) is 10.6. The van der Waals surface area contributed by atoms with Crippen molar-refractivity contribution in [1.29, 1.82) is 10.5 Å². The highest BCUT2D eigenvalue weighted by Gasteiger charge is 2.31. The van der Waals surface area contributed by atoms with Crippen LogP contribution in [0.4, 0.5) is 5.69 Å². The molecule has 1 aromatic heterocycles. The molecule has 0 bridgehead atoms. The average molecular weight is 425 g/mol. The van der Waals surface area contributed by atoms with Crippen molar-refractivity contribution >= 4 is 5.69 Å². The van der Waals surface area contributed by atoms with Crippen LogP contribution in [-0.4, -0.2) is 10.1 Å². The lowest BCUT2D eigenvalue weighted by molar-refractivity contribution is 0.255. The van der Waals surface area contributed by atoms with Crippen molar-refractivity contribution in [2.24, 2.45) is 0 Å². The maximum absolute atomic E-state index is 10.3. The zero-order valence-electron chi connectivity index (χ0n) is 17.9. The van der Waals surface area contributed by atoms with Gasteiger partial charge in [-0.05, 0) is 61.7 Å². The van der Waals surface area contributed by atoms with E-state index in [4.69, 9.17) is 20.2 Å². The van der Waals surface area contributed by atoms with Gasteiger partial charge >= 0.3 is 0 Å². The van der Waals surface area contributed by atoms with Gasteiger partial charge in [-0.15, -0.1) is 0 Å². The molecule has 2 N–H and O–H groups in total. The average Bonchev–Trinajstić information content (AvgIpc) is 3.67. The SMILES string of the molecule is Cc1nc(C2CC2)c(CNc2ccc(C#N)cc2)c(CO)c1OCc1cccc(C#N)c1. The summed E-state index contributed by atoms with van der Waals surface area (Å²) in [6.07, 6.45) is 2.20. The van der Waals surface area contributed by atoms with Crippen LogP contribution in [0.3, 0.4) is 0 Å². The minimum Gasteiger partial charge on any atom is -0.487 e. The van der Waals surface area contributed by atoms with Gasteiger partial charge in [0.2, 0.25) is 0 Å². The second-order valence-electron chi connectivity index (χ2n) is 7.94. The van der Waals surface area contributed by atoms with Crippen LogP contribution in [0.25, 0.3) is 0 Å². The van der Waals surface area contributed by atoms with Gasteiger partial charge < -0.3 is 15.2 Å². The Hall–Kier alpha value is -3.87. The lowest BCUT2D eigenvalue weighted by Gasteiger charge is -2.20. The third-order valence-electron chi connectivity index (χ3n) is 5.61. The molecule has 1 saturated carbocycles. The van der Waals surface area contributed by atoms with E-state index < -0.39 is 0 Å². The number of pyridine rings is 1. The Morgan fingerprint density at radius 3 is 2.47 bits per heavy atom. The lowest BCUT2D eigenvalue weighted by Crippen LogP contribution is -2.13. The maximum Gasteiger partial charge on any atom is 0.146 e. The van der Waals surface area contributed by atoms with Crippen molar-refractivity contribution in [3.63, 3.8) is 0 Å². The van der Waals surface area contributed by atoms with Gasteiger partial charge in [-0.25, -0.2) is 0 Å². The number of ether oxygens (including phenoxy) is 1. The normalized spacial score (nSPS) is 12.6. The van der Waals surface area contributed by atoms with Crippen molar-refractivity contribution in [2.75, 3.05) is 5.32 Å². The number of nitrogens with zero attached hydrogens (tertiary/aromatic N) is 3. The number of rotatable bonds is 8. The Morgan fingerprint density at radius 2 is 1.81 bits per heavy atom. The van der Waals surface area contributed by atoms with E-state index >= 15 is 0 Å². The molecular formula is C26H24N4O2. The first-order chi connectivity index (χ1) is 15.6. The minimum absolute atomic E-state index is 0.152. The first kappa shape index (κ1) is 21.4. The number of anilines is 1. The third-order valence-corrected chi connectivity index (χ3v) is 5.61. The van der Waals surface area contributed by atoms with E-state index in [0.717, 1.165) is 46.6 Å². The molecule has 3 aromatic rings. The minimum atomic E-state index is -0.152. The molecule has 1 aliphatic carbocycles. The van der Waals surface area contributed by atoms with Gasteiger partial charge in [-0.1, -0.05) is 12.1 Å². The van der Waals surface area contributed by atoms with Crippen molar-refractivity contribution in [1.82, 2.24) is 4.98 Å². The summed E-state index contributed by atoms with van der Waals surface area (Å²) < 4.78 is 6.13. The molecule has 32 heavy (non-hydrogen) atoms. The predicted molar refractivity (Wildman–Crippen MR) is 121 cm³/mol. The zero-order chi connectivity index (χ0) is 22.5.